The molecule has 0 spiro atoms. The smallest absolute Gasteiger partial charge is 0.239 e. The molecular formula is C23H34ClN3O2. The molecule has 0 unspecified atom stereocenters. The number of carbonyl (C=O) groups excluding carboxylic acids is 2. The van der Waals surface area contributed by atoms with E-state index in [4.69, 9.17) is 17.3 Å². The van der Waals surface area contributed by atoms with Crippen LogP contribution in [-0.4, -0.2) is 52.8 Å². The Kier molecular flexibility index (Phi) is 7.58. The molecule has 1 heterocycles. The summed E-state index contributed by atoms with van der Waals surface area (Å²) >= 11 is 5.93. The predicted molar refractivity (Wildman–Crippen MR) is 117 cm³/mol. The lowest BCUT2D eigenvalue weighted by Gasteiger charge is -2.39. The Morgan fingerprint density at radius 3 is 2.38 bits per heavy atom. The predicted octanol–water partition coefficient (Wildman–Crippen LogP) is 3.63. The number of likely N-dealkylation sites (tertiary alicyclic amines) is 1. The van der Waals surface area contributed by atoms with Gasteiger partial charge in [0.15, 0.2) is 0 Å². The monoisotopic (exact) mass is 419 g/mol. The van der Waals surface area contributed by atoms with E-state index in [1.807, 2.05) is 43.0 Å². The average Bonchev–Trinajstić information content (AvgIpc) is 3.19. The third-order valence-corrected chi connectivity index (χ3v) is 6.52. The van der Waals surface area contributed by atoms with Crippen LogP contribution in [0.15, 0.2) is 24.3 Å². The Bertz CT molecular complexity index is 701. The summed E-state index contributed by atoms with van der Waals surface area (Å²) in [6, 6.07) is 7.32. The highest BCUT2D eigenvalue weighted by Gasteiger charge is 2.38. The normalized spacial score (nSPS) is 21.4. The van der Waals surface area contributed by atoms with E-state index >= 15 is 0 Å². The van der Waals surface area contributed by atoms with Crippen molar-refractivity contribution in [1.82, 2.24) is 9.80 Å². The van der Waals surface area contributed by atoms with E-state index in [0.29, 0.717) is 30.6 Å². The Hall–Kier alpha value is -1.59. The number of hydrogen-bond donors (Lipinski definition) is 1. The van der Waals surface area contributed by atoms with Crippen LogP contribution in [0.2, 0.25) is 5.02 Å². The molecule has 2 aliphatic rings. The summed E-state index contributed by atoms with van der Waals surface area (Å²) < 4.78 is 0. The van der Waals surface area contributed by atoms with Crippen molar-refractivity contribution in [2.24, 2.45) is 11.7 Å². The van der Waals surface area contributed by atoms with Gasteiger partial charge < -0.3 is 15.5 Å². The van der Waals surface area contributed by atoms with Gasteiger partial charge in [0.1, 0.15) is 0 Å². The third-order valence-electron chi connectivity index (χ3n) is 6.27. The van der Waals surface area contributed by atoms with Crippen LogP contribution in [0.3, 0.4) is 0 Å². The zero-order chi connectivity index (χ0) is 21.0. The molecule has 2 atom stereocenters. The average molecular weight is 420 g/mol. The number of carbonyl (C=O) groups is 2. The quantitative estimate of drug-likeness (QED) is 0.765. The van der Waals surface area contributed by atoms with Gasteiger partial charge in [-0.25, -0.2) is 0 Å². The third kappa shape index (κ3) is 5.52. The minimum absolute atomic E-state index is 0.0196. The molecule has 5 nitrogen and oxygen atoms in total. The highest BCUT2D eigenvalue weighted by atomic mass is 35.5. The van der Waals surface area contributed by atoms with E-state index in [0.717, 1.165) is 24.8 Å². The summed E-state index contributed by atoms with van der Waals surface area (Å²) in [5, 5.41) is 0.675. The summed E-state index contributed by atoms with van der Waals surface area (Å²) in [7, 11) is 0. The molecule has 2 fully saturated rings. The van der Waals surface area contributed by atoms with Crippen LogP contribution in [0.5, 0.6) is 0 Å². The number of halogens is 1. The van der Waals surface area contributed by atoms with Gasteiger partial charge >= 0.3 is 0 Å². The van der Waals surface area contributed by atoms with Crippen molar-refractivity contribution < 1.29 is 9.59 Å². The fourth-order valence-electron chi connectivity index (χ4n) is 4.68. The van der Waals surface area contributed by atoms with E-state index in [1.165, 1.54) is 19.3 Å². The molecule has 2 amide bonds. The van der Waals surface area contributed by atoms with Crippen LogP contribution in [-0.2, 0) is 16.0 Å². The van der Waals surface area contributed by atoms with E-state index in [2.05, 4.69) is 4.90 Å². The summed E-state index contributed by atoms with van der Waals surface area (Å²) in [4.78, 5) is 29.9. The summed E-state index contributed by atoms with van der Waals surface area (Å²) in [5.74, 6) is 0.179. The van der Waals surface area contributed by atoms with Crippen LogP contribution < -0.4 is 5.73 Å². The Morgan fingerprint density at radius 2 is 1.76 bits per heavy atom. The maximum absolute atomic E-state index is 13.0. The van der Waals surface area contributed by atoms with Gasteiger partial charge in [-0.1, -0.05) is 56.8 Å². The molecule has 3 rings (SSSR count). The van der Waals surface area contributed by atoms with Crippen molar-refractivity contribution in [3.8, 4) is 0 Å². The zero-order valence-corrected chi connectivity index (χ0v) is 18.4. The Balaban J connectivity index is 1.63. The van der Waals surface area contributed by atoms with E-state index < -0.39 is 6.04 Å². The van der Waals surface area contributed by atoms with Crippen molar-refractivity contribution in [1.29, 1.82) is 0 Å². The molecule has 1 saturated heterocycles. The van der Waals surface area contributed by atoms with Gasteiger partial charge in [-0.15, -0.1) is 0 Å². The van der Waals surface area contributed by atoms with Gasteiger partial charge in [-0.3, -0.25) is 9.59 Å². The van der Waals surface area contributed by atoms with Gasteiger partial charge in [0.2, 0.25) is 11.8 Å². The second-order valence-electron chi connectivity index (χ2n) is 8.86. The lowest BCUT2D eigenvalue weighted by atomic mass is 9.92. The van der Waals surface area contributed by atoms with E-state index in [9.17, 15) is 9.59 Å². The standard InChI is InChI=1S/C23H34ClN3O2/c1-16(2)22(28)27(19-6-4-3-5-7-19)20-12-13-26(15-20)23(29)21(25)14-17-8-10-18(24)11-9-17/h8-11,16,19-21H,3-7,12-15,25H2,1-2H3/t20-,21-/m1/s1. The number of amides is 2. The van der Waals surface area contributed by atoms with Crippen LogP contribution >= 0.6 is 11.6 Å². The highest BCUT2D eigenvalue weighted by Crippen LogP contribution is 2.29. The Labute approximate surface area is 179 Å². The van der Waals surface area contributed by atoms with Crippen molar-refractivity contribution in [2.45, 2.75) is 76.9 Å². The molecular weight excluding hydrogens is 386 g/mol. The highest BCUT2D eigenvalue weighted by molar-refractivity contribution is 6.30. The SMILES string of the molecule is CC(C)C(=O)N(C1CCCCC1)[C@@H]1CCN(C(=O)[C@H](N)Cc2ccc(Cl)cc2)C1. The van der Waals surface area contributed by atoms with E-state index in [-0.39, 0.29) is 23.8 Å². The van der Waals surface area contributed by atoms with Crippen molar-refractivity contribution in [3.05, 3.63) is 34.9 Å². The zero-order valence-electron chi connectivity index (χ0n) is 17.6. The lowest BCUT2D eigenvalue weighted by molar-refractivity contribution is -0.141. The molecule has 1 aliphatic carbocycles. The molecule has 29 heavy (non-hydrogen) atoms. The number of nitrogens with zero attached hydrogens (tertiary/aromatic N) is 2. The molecule has 1 saturated carbocycles. The maximum Gasteiger partial charge on any atom is 0.239 e. The van der Waals surface area contributed by atoms with Crippen LogP contribution in [0.4, 0.5) is 0 Å². The number of nitrogens with two attached hydrogens (primary N) is 1. The number of rotatable bonds is 6. The van der Waals surface area contributed by atoms with Crippen molar-refractivity contribution in [3.63, 3.8) is 0 Å². The van der Waals surface area contributed by atoms with Gasteiger partial charge in [-0.05, 0) is 43.4 Å². The topological polar surface area (TPSA) is 66.6 Å². The minimum atomic E-state index is -0.571. The first kappa shape index (κ1) is 22.1. The summed E-state index contributed by atoms with van der Waals surface area (Å²) in [5.41, 5.74) is 7.24. The number of benzene rings is 1. The summed E-state index contributed by atoms with van der Waals surface area (Å²) in [6.45, 7) is 5.21. The molecule has 1 aliphatic heterocycles. The van der Waals surface area contributed by atoms with Crippen LogP contribution in [0.25, 0.3) is 0 Å². The molecule has 1 aromatic carbocycles. The fourth-order valence-corrected chi connectivity index (χ4v) is 4.81. The molecule has 0 bridgehead atoms. The Morgan fingerprint density at radius 1 is 1.10 bits per heavy atom. The molecule has 1 aromatic rings. The van der Waals surface area contributed by atoms with Crippen LogP contribution in [0, 0.1) is 5.92 Å². The van der Waals surface area contributed by atoms with Crippen LogP contribution in [0.1, 0.15) is 57.9 Å². The van der Waals surface area contributed by atoms with Crippen molar-refractivity contribution in [2.75, 3.05) is 13.1 Å². The first-order chi connectivity index (χ1) is 13.9. The minimum Gasteiger partial charge on any atom is -0.339 e. The molecule has 160 valence electrons. The van der Waals surface area contributed by atoms with E-state index in [1.54, 1.807) is 0 Å². The van der Waals surface area contributed by atoms with Gasteiger partial charge in [0.25, 0.3) is 0 Å². The lowest BCUT2D eigenvalue weighted by Crippen LogP contribution is -2.51. The maximum atomic E-state index is 13.0. The van der Waals surface area contributed by atoms with Crippen molar-refractivity contribution >= 4 is 23.4 Å². The molecule has 0 radical (unpaired) electrons. The largest absolute Gasteiger partial charge is 0.339 e. The number of hydrogen-bond acceptors (Lipinski definition) is 3. The first-order valence-corrected chi connectivity index (χ1v) is 11.4. The molecule has 0 aromatic heterocycles. The van der Waals surface area contributed by atoms with Gasteiger partial charge in [0.05, 0.1) is 12.1 Å². The first-order valence-electron chi connectivity index (χ1n) is 11.0. The van der Waals surface area contributed by atoms with Gasteiger partial charge in [-0.2, -0.15) is 0 Å². The van der Waals surface area contributed by atoms with Gasteiger partial charge in [0, 0.05) is 30.1 Å². The summed E-state index contributed by atoms with van der Waals surface area (Å²) in [6.07, 6.45) is 7.14. The molecule has 2 N–H and O–H groups in total. The fraction of sp³-hybridized carbons (Fsp3) is 0.652. The molecule has 6 heteroatoms. The second kappa shape index (κ2) is 9.94. The second-order valence-corrected chi connectivity index (χ2v) is 9.29.